The van der Waals surface area contributed by atoms with Crippen LogP contribution in [0.4, 0.5) is 4.39 Å². The van der Waals surface area contributed by atoms with E-state index in [1.165, 1.54) is 12.1 Å². The molecule has 0 fully saturated rings. The number of H-pyrrole nitrogens is 1. The van der Waals surface area contributed by atoms with E-state index in [2.05, 4.69) is 15.3 Å². The van der Waals surface area contributed by atoms with Crippen LogP contribution >= 0.6 is 24.8 Å². The quantitative estimate of drug-likeness (QED) is 0.629. The summed E-state index contributed by atoms with van der Waals surface area (Å²) in [6.45, 7) is 1.04. The summed E-state index contributed by atoms with van der Waals surface area (Å²) in [4.78, 5) is 19.0. The van der Waals surface area contributed by atoms with Gasteiger partial charge in [0, 0.05) is 6.42 Å². The van der Waals surface area contributed by atoms with Crippen molar-refractivity contribution in [1.82, 2.24) is 15.3 Å². The van der Waals surface area contributed by atoms with Gasteiger partial charge in [-0.05, 0) is 37.6 Å². The van der Waals surface area contributed by atoms with Crippen molar-refractivity contribution in [1.29, 1.82) is 0 Å². The van der Waals surface area contributed by atoms with Crippen LogP contribution in [0.15, 0.2) is 18.2 Å². The van der Waals surface area contributed by atoms with Crippen molar-refractivity contribution < 1.29 is 9.18 Å². The molecule has 0 atom stereocenters. The van der Waals surface area contributed by atoms with E-state index in [0.29, 0.717) is 36.4 Å². The number of nitrogens with zero attached hydrogens (tertiary/aromatic N) is 1. The van der Waals surface area contributed by atoms with Gasteiger partial charge in [0.25, 0.3) is 0 Å². The van der Waals surface area contributed by atoms with Crippen LogP contribution in [-0.4, -0.2) is 22.4 Å². The molecule has 23 heavy (non-hydrogen) atoms. The zero-order valence-corrected chi connectivity index (χ0v) is 14.4. The van der Waals surface area contributed by atoms with Gasteiger partial charge < -0.3 is 16.0 Å². The van der Waals surface area contributed by atoms with Crippen molar-refractivity contribution in [2.75, 3.05) is 6.54 Å². The summed E-state index contributed by atoms with van der Waals surface area (Å²) in [5.74, 6) is 0.334. The molecule has 0 aliphatic heterocycles. The van der Waals surface area contributed by atoms with Crippen LogP contribution in [0.2, 0.25) is 0 Å². The number of rotatable bonds is 8. The fourth-order valence-electron chi connectivity index (χ4n) is 2.17. The van der Waals surface area contributed by atoms with E-state index >= 15 is 0 Å². The molecule has 4 N–H and O–H groups in total. The lowest BCUT2D eigenvalue weighted by Gasteiger charge is -2.03. The minimum absolute atomic E-state index is 0. The number of aromatic nitrogens is 2. The molecule has 8 heteroatoms. The van der Waals surface area contributed by atoms with Gasteiger partial charge in [0.1, 0.15) is 11.6 Å². The highest BCUT2D eigenvalue weighted by Gasteiger charge is 2.06. The van der Waals surface area contributed by atoms with Crippen molar-refractivity contribution in [3.63, 3.8) is 0 Å². The molecular weight excluding hydrogens is 342 g/mol. The topological polar surface area (TPSA) is 83.8 Å². The highest BCUT2D eigenvalue weighted by Crippen LogP contribution is 2.12. The molecule has 1 amide bonds. The van der Waals surface area contributed by atoms with E-state index in [9.17, 15) is 9.18 Å². The van der Waals surface area contributed by atoms with Crippen molar-refractivity contribution in [3.05, 3.63) is 29.8 Å². The first-order valence-corrected chi connectivity index (χ1v) is 7.30. The lowest BCUT2D eigenvalue weighted by atomic mass is 10.1. The van der Waals surface area contributed by atoms with Gasteiger partial charge in [-0.3, -0.25) is 4.79 Å². The van der Waals surface area contributed by atoms with Crippen LogP contribution in [0.5, 0.6) is 0 Å². The van der Waals surface area contributed by atoms with Crippen molar-refractivity contribution in [2.45, 2.75) is 38.6 Å². The van der Waals surface area contributed by atoms with Crippen LogP contribution in [0.3, 0.4) is 0 Å². The van der Waals surface area contributed by atoms with E-state index in [4.69, 9.17) is 5.73 Å². The number of nitrogens with two attached hydrogens (primary N) is 1. The number of carbonyl (C=O) groups is 1. The Bertz CT molecular complexity index is 606. The molecule has 5 nitrogen and oxygen atoms in total. The zero-order valence-electron chi connectivity index (χ0n) is 12.8. The maximum absolute atomic E-state index is 13.1. The summed E-state index contributed by atoms with van der Waals surface area (Å²) in [6, 6.07) is 4.38. The Labute approximate surface area is 147 Å². The Hall–Kier alpha value is -1.37. The first kappa shape index (κ1) is 21.6. The average Bonchev–Trinajstić information content (AvgIpc) is 2.87. The maximum atomic E-state index is 13.1. The lowest BCUT2D eigenvalue weighted by molar-refractivity contribution is -0.121. The summed E-state index contributed by atoms with van der Waals surface area (Å²) in [5, 5.41) is 2.81. The molecular formula is C15H23Cl2FN4O. The van der Waals surface area contributed by atoms with Gasteiger partial charge in [0.05, 0.1) is 17.6 Å². The second kappa shape index (κ2) is 11.2. The predicted molar refractivity (Wildman–Crippen MR) is 94.5 cm³/mol. The van der Waals surface area contributed by atoms with Crippen molar-refractivity contribution >= 4 is 41.8 Å². The third-order valence-electron chi connectivity index (χ3n) is 3.30. The average molecular weight is 365 g/mol. The predicted octanol–water partition coefficient (Wildman–Crippen LogP) is 3.07. The molecule has 0 bridgehead atoms. The first-order chi connectivity index (χ1) is 10.2. The van der Waals surface area contributed by atoms with E-state index in [0.717, 1.165) is 25.7 Å². The van der Waals surface area contributed by atoms with Gasteiger partial charge in [0.15, 0.2) is 0 Å². The third kappa shape index (κ3) is 7.16. The number of benzene rings is 1. The van der Waals surface area contributed by atoms with E-state index < -0.39 is 0 Å². The van der Waals surface area contributed by atoms with Gasteiger partial charge in [-0.15, -0.1) is 24.8 Å². The smallest absolute Gasteiger partial charge is 0.220 e. The minimum atomic E-state index is -0.306. The molecule has 130 valence electrons. The second-order valence-electron chi connectivity index (χ2n) is 5.07. The van der Waals surface area contributed by atoms with Crippen LogP contribution in [0, 0.1) is 5.82 Å². The fourth-order valence-corrected chi connectivity index (χ4v) is 2.17. The number of hydrogen-bond donors (Lipinski definition) is 3. The lowest BCUT2D eigenvalue weighted by Crippen LogP contribution is -2.22. The van der Waals surface area contributed by atoms with Gasteiger partial charge in [-0.2, -0.15) is 0 Å². The number of imidazole rings is 1. The molecule has 1 aromatic heterocycles. The minimum Gasteiger partial charge on any atom is -0.349 e. The van der Waals surface area contributed by atoms with Gasteiger partial charge >= 0.3 is 0 Å². The molecule has 0 saturated heterocycles. The first-order valence-electron chi connectivity index (χ1n) is 7.30. The van der Waals surface area contributed by atoms with Gasteiger partial charge in [0.2, 0.25) is 5.91 Å². The van der Waals surface area contributed by atoms with E-state index in [-0.39, 0.29) is 36.5 Å². The molecule has 0 radical (unpaired) electrons. The van der Waals surface area contributed by atoms with E-state index in [1.807, 2.05) is 0 Å². The summed E-state index contributed by atoms with van der Waals surface area (Å²) in [5.41, 5.74) is 6.75. The Morgan fingerprint density at radius 1 is 1.22 bits per heavy atom. The Kier molecular flexibility index (Phi) is 10.5. The Morgan fingerprint density at radius 3 is 2.70 bits per heavy atom. The number of hydrogen-bond acceptors (Lipinski definition) is 3. The normalized spacial score (nSPS) is 10.0. The molecule has 0 saturated carbocycles. The number of unbranched alkanes of at least 4 members (excludes halogenated alkanes) is 3. The number of aromatic amines is 1. The molecule has 1 heterocycles. The number of fused-ring (bicyclic) bond motifs is 1. The monoisotopic (exact) mass is 364 g/mol. The molecule has 1 aromatic carbocycles. The molecule has 2 aromatic rings. The number of amides is 1. The van der Waals surface area contributed by atoms with Crippen LogP contribution in [0.25, 0.3) is 11.0 Å². The number of nitrogens with one attached hydrogen (secondary N) is 2. The standard InChI is InChI=1S/C15H21FN4O.2ClH/c16-11-6-7-12-13(9-11)20-14(19-12)10-18-15(21)5-3-1-2-4-8-17;;/h6-7,9H,1-5,8,10,17H2,(H,18,21)(H,19,20);2*1H. The largest absolute Gasteiger partial charge is 0.349 e. The Balaban J connectivity index is 0.00000242. The summed E-state index contributed by atoms with van der Waals surface area (Å²) in [6.07, 6.45) is 4.49. The fraction of sp³-hybridized carbons (Fsp3) is 0.467. The highest BCUT2D eigenvalue weighted by atomic mass is 35.5. The van der Waals surface area contributed by atoms with Crippen molar-refractivity contribution in [2.24, 2.45) is 5.73 Å². The van der Waals surface area contributed by atoms with Crippen molar-refractivity contribution in [3.8, 4) is 0 Å². The summed E-state index contributed by atoms with van der Waals surface area (Å²) >= 11 is 0. The highest BCUT2D eigenvalue weighted by molar-refractivity contribution is 5.85. The van der Waals surface area contributed by atoms with E-state index in [1.54, 1.807) is 6.07 Å². The molecule has 2 rings (SSSR count). The van der Waals surface area contributed by atoms with Gasteiger partial charge in [-0.1, -0.05) is 12.8 Å². The van der Waals surface area contributed by atoms with Crippen LogP contribution in [0.1, 0.15) is 37.9 Å². The van der Waals surface area contributed by atoms with Gasteiger partial charge in [-0.25, -0.2) is 9.37 Å². The molecule has 0 aliphatic carbocycles. The zero-order chi connectivity index (χ0) is 15.1. The van der Waals surface area contributed by atoms with Crippen LogP contribution < -0.4 is 11.1 Å². The molecule has 0 spiro atoms. The SMILES string of the molecule is Cl.Cl.NCCCCCCC(=O)NCc1nc2ccc(F)cc2[nH]1. The number of halogens is 3. The Morgan fingerprint density at radius 2 is 1.96 bits per heavy atom. The second-order valence-corrected chi connectivity index (χ2v) is 5.07. The maximum Gasteiger partial charge on any atom is 0.220 e. The van der Waals surface area contributed by atoms with Crippen LogP contribution in [-0.2, 0) is 11.3 Å². The molecule has 0 unspecified atom stereocenters. The number of carbonyl (C=O) groups excluding carboxylic acids is 1. The summed E-state index contributed by atoms with van der Waals surface area (Å²) in [7, 11) is 0. The third-order valence-corrected chi connectivity index (χ3v) is 3.30. The summed E-state index contributed by atoms with van der Waals surface area (Å²) < 4.78 is 13.1. The molecule has 0 aliphatic rings.